The van der Waals surface area contributed by atoms with E-state index >= 15 is 0 Å². The quantitative estimate of drug-likeness (QED) is 0.674. The zero-order valence-corrected chi connectivity index (χ0v) is 11.7. The zero-order valence-electron chi connectivity index (χ0n) is 10.9. The van der Waals surface area contributed by atoms with Crippen LogP contribution in [0.1, 0.15) is 17.9 Å². The van der Waals surface area contributed by atoms with Gasteiger partial charge in [0.15, 0.2) is 0 Å². The Morgan fingerprint density at radius 1 is 1.30 bits per heavy atom. The van der Waals surface area contributed by atoms with Crippen LogP contribution in [-0.4, -0.2) is 17.1 Å². The van der Waals surface area contributed by atoms with Gasteiger partial charge in [0.2, 0.25) is 0 Å². The Balaban J connectivity index is 2.29. The summed E-state index contributed by atoms with van der Waals surface area (Å²) in [6.45, 7) is 1.55. The average Bonchev–Trinajstić information content (AvgIpc) is 2.84. The zero-order chi connectivity index (χ0) is 14.7. The largest absolute Gasteiger partial charge is 0.497 e. The van der Waals surface area contributed by atoms with Crippen molar-refractivity contribution in [1.29, 1.82) is 0 Å². The summed E-state index contributed by atoms with van der Waals surface area (Å²) in [6.07, 6.45) is -0.771. The average molecular weight is 295 g/mol. The van der Waals surface area contributed by atoms with E-state index in [1.807, 2.05) is 0 Å². The van der Waals surface area contributed by atoms with Crippen molar-refractivity contribution in [3.63, 3.8) is 0 Å². The molecule has 1 N–H and O–H groups in total. The van der Waals surface area contributed by atoms with Gasteiger partial charge in [0.1, 0.15) is 11.5 Å². The topological polar surface area (TPSA) is 81.8 Å². The third-order valence-electron chi connectivity index (χ3n) is 2.58. The Morgan fingerprint density at radius 2 is 1.90 bits per heavy atom. The van der Waals surface area contributed by atoms with Crippen LogP contribution in [-0.2, 0) is 0 Å². The highest BCUT2D eigenvalue weighted by Crippen LogP contribution is 2.42. The van der Waals surface area contributed by atoms with Crippen molar-refractivity contribution < 1.29 is 19.5 Å². The summed E-state index contributed by atoms with van der Waals surface area (Å²) in [7, 11) is 1.55. The van der Waals surface area contributed by atoms with Crippen LogP contribution in [0.15, 0.2) is 30.3 Å². The van der Waals surface area contributed by atoms with Crippen molar-refractivity contribution >= 4 is 17.0 Å². The van der Waals surface area contributed by atoms with Gasteiger partial charge in [-0.2, -0.15) is 0 Å². The van der Waals surface area contributed by atoms with Crippen LogP contribution in [0, 0.1) is 10.1 Å². The summed E-state index contributed by atoms with van der Waals surface area (Å²) in [5, 5.41) is 20.6. The number of nitro groups is 1. The summed E-state index contributed by atoms with van der Waals surface area (Å²) in [5.41, 5.74) is -0.151. The van der Waals surface area contributed by atoms with Crippen molar-refractivity contribution in [2.45, 2.75) is 13.0 Å². The van der Waals surface area contributed by atoms with E-state index in [1.54, 1.807) is 38.3 Å². The fourth-order valence-corrected chi connectivity index (χ4v) is 2.47. The second-order valence-electron chi connectivity index (χ2n) is 4.03. The first kappa shape index (κ1) is 14.3. The van der Waals surface area contributed by atoms with Gasteiger partial charge < -0.3 is 14.6 Å². The van der Waals surface area contributed by atoms with Crippen molar-refractivity contribution in [3.05, 3.63) is 45.3 Å². The number of hydrogen-bond acceptors (Lipinski definition) is 6. The van der Waals surface area contributed by atoms with E-state index in [1.165, 1.54) is 6.07 Å². The Labute approximate surface area is 119 Å². The van der Waals surface area contributed by atoms with Gasteiger partial charge in [0.05, 0.1) is 18.1 Å². The van der Waals surface area contributed by atoms with Crippen LogP contribution in [0.3, 0.4) is 0 Å². The van der Waals surface area contributed by atoms with E-state index in [2.05, 4.69) is 0 Å². The Morgan fingerprint density at radius 3 is 2.40 bits per heavy atom. The molecule has 6 nitrogen and oxygen atoms in total. The maximum Gasteiger partial charge on any atom is 0.323 e. The van der Waals surface area contributed by atoms with E-state index in [4.69, 9.17) is 9.47 Å². The standard InChI is InChI=1S/C13H13NO5S/c1-8(15)12-7-11(14(16)17)13(20-12)19-10-5-3-9(18-2)4-6-10/h3-8,15H,1-2H3. The molecule has 1 heterocycles. The van der Waals surface area contributed by atoms with Gasteiger partial charge in [-0.3, -0.25) is 10.1 Å². The van der Waals surface area contributed by atoms with Gasteiger partial charge in [0, 0.05) is 10.9 Å². The number of aliphatic hydroxyl groups excluding tert-OH is 1. The number of nitrogens with zero attached hydrogens (tertiary/aromatic N) is 1. The lowest BCUT2D eigenvalue weighted by Gasteiger charge is -2.04. The predicted octanol–water partition coefficient (Wildman–Crippen LogP) is 3.51. The predicted molar refractivity (Wildman–Crippen MR) is 74.7 cm³/mol. The Bertz CT molecular complexity index is 606. The number of thiophene rings is 1. The van der Waals surface area contributed by atoms with E-state index in [-0.39, 0.29) is 10.8 Å². The molecule has 106 valence electrons. The molecule has 0 aliphatic rings. The number of hydrogen-bond donors (Lipinski definition) is 1. The van der Waals surface area contributed by atoms with E-state index < -0.39 is 11.0 Å². The molecular weight excluding hydrogens is 282 g/mol. The molecule has 1 aromatic carbocycles. The van der Waals surface area contributed by atoms with E-state index in [9.17, 15) is 15.2 Å². The van der Waals surface area contributed by atoms with Crippen LogP contribution in [0.4, 0.5) is 5.69 Å². The first-order valence-electron chi connectivity index (χ1n) is 5.79. The molecule has 7 heteroatoms. The molecule has 2 aromatic rings. The van der Waals surface area contributed by atoms with Gasteiger partial charge in [-0.15, -0.1) is 0 Å². The molecule has 2 rings (SSSR count). The maximum atomic E-state index is 11.0. The molecule has 1 aromatic heterocycles. The molecular formula is C13H13NO5S. The second kappa shape index (κ2) is 5.89. The first-order valence-corrected chi connectivity index (χ1v) is 6.61. The Kier molecular flexibility index (Phi) is 4.21. The molecule has 0 fully saturated rings. The Hall–Kier alpha value is -2.12. The van der Waals surface area contributed by atoms with Crippen molar-refractivity contribution in [2.75, 3.05) is 7.11 Å². The molecule has 0 saturated heterocycles. The highest BCUT2D eigenvalue weighted by atomic mass is 32.1. The molecule has 0 amide bonds. The molecule has 1 unspecified atom stereocenters. The lowest BCUT2D eigenvalue weighted by atomic mass is 10.3. The highest BCUT2D eigenvalue weighted by Gasteiger charge is 2.23. The van der Waals surface area contributed by atoms with E-state index in [0.717, 1.165) is 11.3 Å². The molecule has 0 bridgehead atoms. The van der Waals surface area contributed by atoms with Crippen LogP contribution in [0.2, 0.25) is 0 Å². The van der Waals surface area contributed by atoms with Crippen LogP contribution in [0.25, 0.3) is 0 Å². The number of ether oxygens (including phenoxy) is 2. The number of rotatable bonds is 5. The first-order chi connectivity index (χ1) is 9.51. The molecule has 1 atom stereocenters. The van der Waals surface area contributed by atoms with Gasteiger partial charge in [-0.05, 0) is 31.2 Å². The maximum absolute atomic E-state index is 11.0. The summed E-state index contributed by atoms with van der Waals surface area (Å²) >= 11 is 1.06. The molecule has 0 aliphatic heterocycles. The molecule has 20 heavy (non-hydrogen) atoms. The van der Waals surface area contributed by atoms with Crippen LogP contribution in [0.5, 0.6) is 16.6 Å². The SMILES string of the molecule is COc1ccc(Oc2sc(C(C)O)cc2[N+](=O)[O-])cc1. The molecule has 0 saturated carbocycles. The normalized spacial score (nSPS) is 11.9. The van der Waals surface area contributed by atoms with Crippen molar-refractivity contribution in [2.24, 2.45) is 0 Å². The summed E-state index contributed by atoms with van der Waals surface area (Å²) < 4.78 is 10.5. The molecule has 0 radical (unpaired) electrons. The molecule has 0 aliphatic carbocycles. The fraction of sp³-hybridized carbons (Fsp3) is 0.231. The summed E-state index contributed by atoms with van der Waals surface area (Å²) in [4.78, 5) is 10.9. The smallest absolute Gasteiger partial charge is 0.323 e. The monoisotopic (exact) mass is 295 g/mol. The number of benzene rings is 1. The van der Waals surface area contributed by atoms with E-state index in [0.29, 0.717) is 16.4 Å². The van der Waals surface area contributed by atoms with Crippen molar-refractivity contribution in [3.8, 4) is 16.6 Å². The van der Waals surface area contributed by atoms with Gasteiger partial charge in [-0.25, -0.2) is 0 Å². The van der Waals surface area contributed by atoms with Crippen molar-refractivity contribution in [1.82, 2.24) is 0 Å². The highest BCUT2D eigenvalue weighted by molar-refractivity contribution is 7.14. The summed E-state index contributed by atoms with van der Waals surface area (Å²) in [5.74, 6) is 1.13. The fourth-order valence-electron chi connectivity index (χ4n) is 1.54. The molecule has 0 spiro atoms. The minimum absolute atomic E-state index is 0.149. The number of methoxy groups -OCH3 is 1. The third-order valence-corrected chi connectivity index (χ3v) is 3.75. The summed E-state index contributed by atoms with van der Waals surface area (Å²) in [6, 6.07) is 8.04. The van der Waals surface area contributed by atoms with Gasteiger partial charge in [-0.1, -0.05) is 11.3 Å². The van der Waals surface area contributed by atoms with Gasteiger partial charge >= 0.3 is 5.69 Å². The van der Waals surface area contributed by atoms with Crippen LogP contribution >= 0.6 is 11.3 Å². The van der Waals surface area contributed by atoms with Gasteiger partial charge in [0.25, 0.3) is 5.06 Å². The third kappa shape index (κ3) is 3.06. The minimum atomic E-state index is -0.771. The number of aliphatic hydroxyl groups is 1. The van der Waals surface area contributed by atoms with Crippen LogP contribution < -0.4 is 9.47 Å². The second-order valence-corrected chi connectivity index (χ2v) is 5.08. The lowest BCUT2D eigenvalue weighted by Crippen LogP contribution is -1.89. The lowest BCUT2D eigenvalue weighted by molar-refractivity contribution is -0.385. The minimum Gasteiger partial charge on any atom is -0.497 e.